The van der Waals surface area contributed by atoms with Gasteiger partial charge < -0.3 is 15.2 Å². The second kappa shape index (κ2) is 7.59. The molecular weight excluding hydrogens is 272 g/mol. The normalized spacial score (nSPS) is 10.0. The number of rotatable bonds is 7. The van der Waals surface area contributed by atoms with Gasteiger partial charge in [-0.2, -0.15) is 0 Å². The molecule has 2 N–H and O–H groups in total. The van der Waals surface area contributed by atoms with Crippen molar-refractivity contribution in [1.29, 1.82) is 0 Å². The summed E-state index contributed by atoms with van der Waals surface area (Å²) in [4.78, 5) is 21.9. The third-order valence-corrected chi connectivity index (χ3v) is 3.08. The van der Waals surface area contributed by atoms with Crippen molar-refractivity contribution in [2.24, 2.45) is 0 Å². The number of amides is 1. The molecule has 19 heavy (non-hydrogen) atoms. The molecule has 0 aliphatic heterocycles. The molecule has 0 saturated heterocycles. The third-order valence-electron chi connectivity index (χ3n) is 2.14. The number of nitro benzene ring substituents is 1. The molecule has 0 radical (unpaired) electrons. The molecule has 104 valence electrons. The number of nitro groups is 1. The van der Waals surface area contributed by atoms with Gasteiger partial charge in [-0.15, -0.1) is 11.8 Å². The Kier molecular flexibility index (Phi) is 6.10. The van der Waals surface area contributed by atoms with Crippen LogP contribution in [0.15, 0.2) is 18.2 Å². The van der Waals surface area contributed by atoms with E-state index in [0.29, 0.717) is 11.5 Å². The molecule has 1 aromatic carbocycles. The smallest absolute Gasteiger partial charge is 0.296 e. The van der Waals surface area contributed by atoms with Crippen molar-refractivity contribution in [2.75, 3.05) is 30.5 Å². The minimum Gasteiger partial charge on any atom is -0.496 e. The summed E-state index contributed by atoms with van der Waals surface area (Å²) in [5.74, 6) is 0.563. The lowest BCUT2D eigenvalue weighted by molar-refractivity contribution is -0.384. The Hall–Kier alpha value is -1.80. The van der Waals surface area contributed by atoms with Crippen LogP contribution >= 0.6 is 11.8 Å². The van der Waals surface area contributed by atoms with Crippen molar-refractivity contribution in [3.8, 4) is 5.75 Å². The number of anilines is 1. The van der Waals surface area contributed by atoms with E-state index in [4.69, 9.17) is 9.84 Å². The summed E-state index contributed by atoms with van der Waals surface area (Å²) in [6.45, 7) is -0.0133. The molecule has 8 heteroatoms. The summed E-state index contributed by atoms with van der Waals surface area (Å²) in [6, 6.07) is 4.20. The maximum absolute atomic E-state index is 11.5. The number of thioether (sulfide) groups is 1. The molecule has 0 saturated carbocycles. The lowest BCUT2D eigenvalue weighted by Gasteiger charge is -2.07. The number of benzene rings is 1. The van der Waals surface area contributed by atoms with Crippen LogP contribution in [0.25, 0.3) is 0 Å². The second-order valence-electron chi connectivity index (χ2n) is 3.46. The van der Waals surface area contributed by atoms with E-state index in [1.54, 1.807) is 0 Å². The zero-order chi connectivity index (χ0) is 14.3. The van der Waals surface area contributed by atoms with Crippen LogP contribution in [0.1, 0.15) is 0 Å². The van der Waals surface area contributed by atoms with Gasteiger partial charge in [-0.05, 0) is 12.1 Å². The molecule has 0 unspecified atom stereocenters. The number of nitrogens with one attached hydrogen (secondary N) is 1. The fraction of sp³-hybridized carbons (Fsp3) is 0.364. The van der Waals surface area contributed by atoms with Crippen molar-refractivity contribution < 1.29 is 19.6 Å². The number of nitrogens with zero attached hydrogens (tertiary/aromatic N) is 1. The van der Waals surface area contributed by atoms with E-state index >= 15 is 0 Å². The van der Waals surface area contributed by atoms with Crippen LogP contribution in [0.5, 0.6) is 5.75 Å². The lowest BCUT2D eigenvalue weighted by atomic mass is 10.2. The number of hydrogen-bond donors (Lipinski definition) is 2. The first-order chi connectivity index (χ1) is 9.08. The maximum Gasteiger partial charge on any atom is 0.296 e. The van der Waals surface area contributed by atoms with Gasteiger partial charge in [0.25, 0.3) is 5.69 Å². The van der Waals surface area contributed by atoms with Crippen LogP contribution in [-0.4, -0.2) is 41.2 Å². The zero-order valence-corrected chi connectivity index (χ0v) is 11.1. The first-order valence-corrected chi connectivity index (χ1v) is 6.55. The van der Waals surface area contributed by atoms with Gasteiger partial charge in [0, 0.05) is 5.75 Å². The Morgan fingerprint density at radius 3 is 2.89 bits per heavy atom. The summed E-state index contributed by atoms with van der Waals surface area (Å²) in [7, 11) is 1.41. The average Bonchev–Trinajstić information content (AvgIpc) is 2.39. The summed E-state index contributed by atoms with van der Waals surface area (Å²) in [5.41, 5.74) is -0.0970. The predicted molar refractivity (Wildman–Crippen MR) is 72.7 cm³/mol. The standard InChI is InChI=1S/C11H14N2O5S/c1-18-8-2-3-9(10(6-8)13(16)17)12-11(15)7-19-5-4-14/h2-3,6,14H,4-5,7H2,1H3,(H,12,15). The molecule has 0 aliphatic carbocycles. The van der Waals surface area contributed by atoms with Gasteiger partial charge in [0.1, 0.15) is 11.4 Å². The monoisotopic (exact) mass is 286 g/mol. The molecule has 0 fully saturated rings. The van der Waals surface area contributed by atoms with Crippen molar-refractivity contribution in [2.45, 2.75) is 0 Å². The minimum absolute atomic E-state index is 0.0133. The van der Waals surface area contributed by atoms with Crippen LogP contribution in [0.4, 0.5) is 11.4 Å². The highest BCUT2D eigenvalue weighted by Gasteiger charge is 2.17. The van der Waals surface area contributed by atoms with Gasteiger partial charge >= 0.3 is 0 Å². The Labute approximate surface area is 114 Å². The van der Waals surface area contributed by atoms with E-state index in [1.165, 1.54) is 37.1 Å². The molecule has 0 aromatic heterocycles. The number of ether oxygens (including phenoxy) is 1. The van der Waals surface area contributed by atoms with Gasteiger partial charge in [0.2, 0.25) is 5.91 Å². The molecule has 1 rings (SSSR count). The summed E-state index contributed by atoms with van der Waals surface area (Å²) in [6.07, 6.45) is 0. The molecule has 0 atom stereocenters. The van der Waals surface area contributed by atoms with E-state index in [9.17, 15) is 14.9 Å². The average molecular weight is 286 g/mol. The van der Waals surface area contributed by atoms with Crippen LogP contribution in [0, 0.1) is 10.1 Å². The highest BCUT2D eigenvalue weighted by molar-refractivity contribution is 7.99. The van der Waals surface area contributed by atoms with E-state index in [0.717, 1.165) is 0 Å². The Morgan fingerprint density at radius 1 is 1.58 bits per heavy atom. The van der Waals surface area contributed by atoms with Crippen molar-refractivity contribution in [3.63, 3.8) is 0 Å². The first kappa shape index (κ1) is 15.3. The van der Waals surface area contributed by atoms with Crippen molar-refractivity contribution in [3.05, 3.63) is 28.3 Å². The minimum atomic E-state index is -0.584. The molecule has 0 spiro atoms. The number of aliphatic hydroxyl groups excluding tert-OH is 1. The molecule has 0 heterocycles. The zero-order valence-electron chi connectivity index (χ0n) is 10.3. The Bertz CT molecular complexity index is 466. The molecule has 0 bridgehead atoms. The van der Waals surface area contributed by atoms with Crippen LogP contribution in [0.3, 0.4) is 0 Å². The molecule has 1 aromatic rings. The number of carbonyl (C=O) groups is 1. The number of hydrogen-bond acceptors (Lipinski definition) is 6. The quantitative estimate of drug-likeness (QED) is 0.444. The molecule has 1 amide bonds. The fourth-order valence-electron chi connectivity index (χ4n) is 1.31. The van der Waals surface area contributed by atoms with E-state index in [-0.39, 0.29) is 29.6 Å². The van der Waals surface area contributed by atoms with Gasteiger partial charge in [-0.1, -0.05) is 0 Å². The van der Waals surface area contributed by atoms with E-state index in [2.05, 4.69) is 5.32 Å². The number of carbonyl (C=O) groups excluding carboxylic acids is 1. The third kappa shape index (κ3) is 4.76. The second-order valence-corrected chi connectivity index (χ2v) is 4.57. The van der Waals surface area contributed by atoms with E-state index < -0.39 is 4.92 Å². The van der Waals surface area contributed by atoms with Gasteiger partial charge in [0.05, 0.1) is 30.5 Å². The molecule has 7 nitrogen and oxygen atoms in total. The maximum atomic E-state index is 11.5. The lowest BCUT2D eigenvalue weighted by Crippen LogP contribution is -2.15. The summed E-state index contributed by atoms with van der Waals surface area (Å²) >= 11 is 1.25. The fourth-order valence-corrected chi connectivity index (χ4v) is 1.84. The Balaban J connectivity index is 2.77. The van der Waals surface area contributed by atoms with Crippen molar-refractivity contribution >= 4 is 29.0 Å². The van der Waals surface area contributed by atoms with Gasteiger partial charge in [0.15, 0.2) is 0 Å². The van der Waals surface area contributed by atoms with Gasteiger partial charge in [-0.3, -0.25) is 14.9 Å². The van der Waals surface area contributed by atoms with Crippen LogP contribution < -0.4 is 10.1 Å². The SMILES string of the molecule is COc1ccc(NC(=O)CSCCO)c([N+](=O)[O-])c1. The molecule has 0 aliphatic rings. The summed E-state index contributed by atoms with van der Waals surface area (Å²) in [5, 5.41) is 21.9. The highest BCUT2D eigenvalue weighted by atomic mass is 32.2. The van der Waals surface area contributed by atoms with Gasteiger partial charge in [-0.25, -0.2) is 0 Å². The highest BCUT2D eigenvalue weighted by Crippen LogP contribution is 2.28. The van der Waals surface area contributed by atoms with Crippen LogP contribution in [0.2, 0.25) is 0 Å². The topological polar surface area (TPSA) is 102 Å². The van der Waals surface area contributed by atoms with E-state index in [1.807, 2.05) is 0 Å². The first-order valence-electron chi connectivity index (χ1n) is 5.39. The number of aliphatic hydroxyl groups is 1. The Morgan fingerprint density at radius 2 is 2.32 bits per heavy atom. The predicted octanol–water partition coefficient (Wildman–Crippen LogP) is 1.27. The van der Waals surface area contributed by atoms with Crippen molar-refractivity contribution in [1.82, 2.24) is 0 Å². The molecular formula is C11H14N2O5S. The number of methoxy groups -OCH3 is 1. The van der Waals surface area contributed by atoms with Crippen LogP contribution in [-0.2, 0) is 4.79 Å². The largest absolute Gasteiger partial charge is 0.496 e. The summed E-state index contributed by atoms with van der Waals surface area (Å²) < 4.78 is 4.90.